The lowest BCUT2D eigenvalue weighted by Crippen LogP contribution is -2.51. The second kappa shape index (κ2) is 38.5. The average Bonchev–Trinajstić information content (AvgIpc) is 1.79. The Morgan fingerprint density at radius 3 is 0.963 bits per heavy atom. The Balaban J connectivity index is 0.000000249. The number of carbonyl (C=O) groups excluding carboxylic acids is 4. The number of esters is 3. The third-order valence-corrected chi connectivity index (χ3v) is 28.3. The van der Waals surface area contributed by atoms with E-state index in [0.717, 1.165) is 87.3 Å². The lowest BCUT2D eigenvalue weighted by molar-refractivity contribution is -0.147. The molecule has 4 aromatic rings. The smallest absolute Gasteiger partial charge is 0.465 e. The maximum Gasteiger partial charge on any atom is 0.486 e. The van der Waals surface area contributed by atoms with E-state index in [0.29, 0.717) is 31.4 Å². The van der Waals surface area contributed by atoms with Crippen molar-refractivity contribution in [2.75, 3.05) is 44.8 Å². The number of ether oxygens (including phenoxy) is 3. The zero-order valence-corrected chi connectivity index (χ0v) is 70.1. The van der Waals surface area contributed by atoms with Gasteiger partial charge in [-0.3, -0.25) is 24.4 Å². The summed E-state index contributed by atoms with van der Waals surface area (Å²) in [5, 5.41) is 25.1. The Hall–Kier alpha value is -7.66. The number of oxime groups is 4. The fourth-order valence-electron chi connectivity index (χ4n) is 11.4. The van der Waals surface area contributed by atoms with Gasteiger partial charge in [-0.05, 0) is 140 Å². The van der Waals surface area contributed by atoms with Crippen LogP contribution in [0.15, 0.2) is 141 Å². The van der Waals surface area contributed by atoms with Gasteiger partial charge in [-0.2, -0.15) is 0 Å². The van der Waals surface area contributed by atoms with Gasteiger partial charge >= 0.3 is 25.0 Å². The van der Waals surface area contributed by atoms with Crippen LogP contribution in [0, 0.1) is 0 Å². The van der Waals surface area contributed by atoms with E-state index in [-0.39, 0.29) is 63.8 Å². The largest absolute Gasteiger partial charge is 0.486 e. The molecule has 33 heteroatoms. The minimum atomic E-state index is -3.76. The SMILES string of the molecule is C=CB1OC(C)(C)C(C)(C)O1.C=Cc1ccc(C2=NO[C@@H](C[C@](C)(C(=O)OCC)S(C)(=O)=O)C2)cc1.CCOC(=O)[C@@](C)(C[C@H]1CC(c2ccc(Br)cc2)=NO1)S(C)(=O)=O.CCOC(=O)[C@@](C)(C[C@H]1CC(c2ccc(CC)cc2)=NO1)S(C)(=O)=O.CCc1ccc(C2=NO[C@@H](C[C@](C)(C(=O)NO)S(C)(=O)=O)C2)cc1. The van der Waals surface area contributed by atoms with E-state index in [2.05, 4.69) is 63.6 Å². The molecule has 0 saturated carbocycles. The average molecular weight is 1660 g/mol. The van der Waals surface area contributed by atoms with Crippen molar-refractivity contribution in [1.29, 1.82) is 0 Å². The molecular formula is C76H105BBrN5O22S4. The number of benzene rings is 4. The van der Waals surface area contributed by atoms with Crippen molar-refractivity contribution in [2.45, 2.75) is 209 Å². The molecule has 5 aliphatic heterocycles. The normalized spacial score (nSPS) is 20.5. The summed E-state index contributed by atoms with van der Waals surface area (Å²) < 4.78 is 117. The summed E-state index contributed by atoms with van der Waals surface area (Å²) in [7, 11) is -15.0. The molecule has 5 heterocycles. The first-order chi connectivity index (χ1) is 50.7. The zero-order chi connectivity index (χ0) is 81.9. The number of rotatable bonds is 27. The Kier molecular flexibility index (Phi) is 32.5. The van der Waals surface area contributed by atoms with E-state index in [1.807, 2.05) is 125 Å². The Bertz CT molecular complexity index is 4450. The lowest BCUT2D eigenvalue weighted by atomic mass is 9.90. The molecule has 0 radical (unpaired) electrons. The highest BCUT2D eigenvalue weighted by Gasteiger charge is 2.53. The van der Waals surface area contributed by atoms with Crippen molar-refractivity contribution < 1.29 is 101 Å². The van der Waals surface area contributed by atoms with Gasteiger partial charge in [0.2, 0.25) is 0 Å². The number of hydroxylamine groups is 1. The van der Waals surface area contributed by atoms with Crippen LogP contribution in [0.5, 0.6) is 0 Å². The lowest BCUT2D eigenvalue weighted by Gasteiger charge is -2.32. The maximum absolute atomic E-state index is 12.2. The molecule has 0 unspecified atom stereocenters. The van der Waals surface area contributed by atoms with Crippen LogP contribution in [0.1, 0.15) is 180 Å². The van der Waals surface area contributed by atoms with E-state index in [4.69, 9.17) is 48.1 Å². The predicted molar refractivity (Wildman–Crippen MR) is 424 cm³/mol. The van der Waals surface area contributed by atoms with E-state index >= 15 is 0 Å². The highest BCUT2D eigenvalue weighted by molar-refractivity contribution is 9.10. The van der Waals surface area contributed by atoms with Gasteiger partial charge in [-0.15, -0.1) is 6.58 Å². The molecule has 109 heavy (non-hydrogen) atoms. The Morgan fingerprint density at radius 1 is 0.486 bits per heavy atom. The van der Waals surface area contributed by atoms with Crippen molar-refractivity contribution in [1.82, 2.24) is 5.48 Å². The van der Waals surface area contributed by atoms with Crippen molar-refractivity contribution in [3.63, 3.8) is 0 Å². The van der Waals surface area contributed by atoms with E-state index in [1.165, 1.54) is 44.3 Å². The molecule has 0 spiro atoms. The summed E-state index contributed by atoms with van der Waals surface area (Å²) in [5.74, 6) is -1.56. The number of sulfone groups is 4. The number of amides is 1. The van der Waals surface area contributed by atoms with Crippen LogP contribution in [0.3, 0.4) is 0 Å². The number of halogens is 1. The molecule has 9 rings (SSSR count). The van der Waals surface area contributed by atoms with Gasteiger partial charge in [-0.1, -0.05) is 154 Å². The van der Waals surface area contributed by atoms with Gasteiger partial charge < -0.3 is 42.9 Å². The van der Waals surface area contributed by atoms with Crippen LogP contribution in [0.4, 0.5) is 0 Å². The van der Waals surface area contributed by atoms with Gasteiger partial charge in [0.05, 0.1) is 53.9 Å². The molecule has 8 atom stereocenters. The molecule has 0 aliphatic carbocycles. The molecule has 0 aromatic heterocycles. The summed E-state index contributed by atoms with van der Waals surface area (Å²) in [6.07, 6.45) is 7.30. The molecule has 5 aliphatic rings. The predicted octanol–water partition coefficient (Wildman–Crippen LogP) is 11.0. The molecule has 27 nitrogen and oxygen atoms in total. The summed E-state index contributed by atoms with van der Waals surface area (Å²) in [5.41, 5.74) is 11.0. The second-order valence-electron chi connectivity index (χ2n) is 28.6. The van der Waals surface area contributed by atoms with Crippen LogP contribution < -0.4 is 5.48 Å². The fraction of sp³-hybridized carbons (Fsp3) is 0.526. The first-order valence-corrected chi connectivity index (χ1v) is 43.9. The molecule has 1 amide bonds. The van der Waals surface area contributed by atoms with E-state index in [1.54, 1.807) is 32.8 Å². The fourth-order valence-corrected chi connectivity index (χ4v) is 15.1. The Morgan fingerprint density at radius 2 is 0.743 bits per heavy atom. The van der Waals surface area contributed by atoms with E-state index in [9.17, 15) is 52.8 Å². The van der Waals surface area contributed by atoms with Crippen LogP contribution in [-0.4, -0.2) is 192 Å². The number of hydrogen-bond donors (Lipinski definition) is 2. The second-order valence-corrected chi connectivity index (χ2v) is 39.3. The standard InChI is InChI=1S/C18H25NO5S.C18H23NO5S.C16H20BrNO5S.C16H22N2O5S.C8H15BO2/c2*1-5-13-7-9-14(10-8-13)16-11-15(24-19-16)12-18(3,25(4,21)22)17(20)23-6-2;1-4-22-15(19)16(2,24(3,20)21)10-13-9-14(18-23-13)11-5-7-12(17)8-6-11;1-4-11-5-7-12(8-6-11)14-9-13(23-18-14)10-16(2,15(19)17-20)24(3,21)22;1-6-9-10-7(2,3)8(4,5)11-9/h7-10,15H,5-6,11-12H2,1-4H3;5,7-10,15H,1,6,11-12H2,2-4H3;5-8,13H,4,9-10H2,1-3H3;5-8,13,20H,4,9-10H2,1-3H3,(H,17,19);6H,1H2,2-5H3/t2*15-,18-;2*13-,16-;/m1111./s1. The van der Waals surface area contributed by atoms with Crippen molar-refractivity contribution >= 4 is 115 Å². The summed E-state index contributed by atoms with van der Waals surface area (Å²) in [6, 6.07) is 31.1. The van der Waals surface area contributed by atoms with Gasteiger partial charge in [0.25, 0.3) is 5.91 Å². The number of nitrogens with zero attached hydrogens (tertiary/aromatic N) is 4. The van der Waals surface area contributed by atoms with Crippen molar-refractivity contribution in [3.8, 4) is 0 Å². The number of carbonyl (C=O) groups is 4. The summed E-state index contributed by atoms with van der Waals surface area (Å²) in [4.78, 5) is 70.0. The molecule has 4 aromatic carbocycles. The minimum absolute atomic E-state index is 0.00467. The molecule has 2 N–H and O–H groups in total. The molecular weight excluding hydrogens is 1550 g/mol. The van der Waals surface area contributed by atoms with Crippen LogP contribution in [0.2, 0.25) is 0 Å². The highest BCUT2D eigenvalue weighted by atomic mass is 79.9. The number of hydrogen-bond acceptors (Lipinski definition) is 26. The highest BCUT2D eigenvalue weighted by Crippen LogP contribution is 2.38. The number of nitrogens with one attached hydrogen (secondary N) is 1. The summed E-state index contributed by atoms with van der Waals surface area (Å²) in [6.45, 7) is 30.3. The molecule has 600 valence electrons. The van der Waals surface area contributed by atoms with Crippen LogP contribution in [-0.2, 0) is 114 Å². The zero-order valence-electron chi connectivity index (χ0n) is 65.2. The van der Waals surface area contributed by atoms with Crippen LogP contribution >= 0.6 is 15.9 Å². The topological polar surface area (TPSA) is 370 Å². The molecule has 0 bridgehead atoms. The monoisotopic (exact) mass is 1660 g/mol. The first kappa shape index (κ1) is 92.0. The van der Waals surface area contributed by atoms with Crippen molar-refractivity contribution in [2.24, 2.45) is 20.6 Å². The van der Waals surface area contributed by atoms with E-state index < -0.39 is 107 Å². The van der Waals surface area contributed by atoms with Crippen LogP contribution in [0.25, 0.3) is 6.08 Å². The molecule has 1 fully saturated rings. The van der Waals surface area contributed by atoms with Gasteiger partial charge in [0, 0.05) is 80.9 Å². The minimum Gasteiger partial charge on any atom is -0.465 e. The van der Waals surface area contributed by atoms with Crippen molar-refractivity contribution in [3.05, 3.63) is 160 Å². The third-order valence-electron chi connectivity index (χ3n) is 19.9. The Labute approximate surface area is 651 Å². The number of aryl methyl sites for hydroxylation is 2. The van der Waals surface area contributed by atoms with Gasteiger partial charge in [-0.25, -0.2) is 39.2 Å². The first-order valence-electron chi connectivity index (χ1n) is 35.5. The van der Waals surface area contributed by atoms with Gasteiger partial charge in [0.15, 0.2) is 58.3 Å². The third kappa shape index (κ3) is 23.7. The maximum atomic E-state index is 12.2. The summed E-state index contributed by atoms with van der Waals surface area (Å²) >= 11 is 3.37. The molecule has 1 saturated heterocycles. The quantitative estimate of drug-likeness (QED) is 0.0184. The van der Waals surface area contributed by atoms with Gasteiger partial charge in [0.1, 0.15) is 24.4 Å².